The summed E-state index contributed by atoms with van der Waals surface area (Å²) in [7, 11) is 0. The molecule has 2 rings (SSSR count). The molecule has 22 heavy (non-hydrogen) atoms. The Kier molecular flexibility index (Phi) is 5.12. The van der Waals surface area contributed by atoms with Crippen LogP contribution in [0.2, 0.25) is 5.02 Å². The molecular weight excluding hydrogens is 304 g/mol. The van der Waals surface area contributed by atoms with Gasteiger partial charge in [-0.3, -0.25) is 4.79 Å². The molecule has 1 heterocycles. The molecule has 5 nitrogen and oxygen atoms in total. The lowest BCUT2D eigenvalue weighted by Crippen LogP contribution is -2.21. The van der Waals surface area contributed by atoms with Crippen LogP contribution in [0.3, 0.4) is 0 Å². The maximum Gasteiger partial charge on any atom is 0.338 e. The molecule has 1 aromatic heterocycles. The summed E-state index contributed by atoms with van der Waals surface area (Å²) in [4.78, 5) is 27.5. The smallest absolute Gasteiger partial charge is 0.338 e. The second-order valence-corrected chi connectivity index (χ2v) is 5.30. The Labute approximate surface area is 133 Å². The van der Waals surface area contributed by atoms with Gasteiger partial charge in [-0.1, -0.05) is 28.8 Å². The van der Waals surface area contributed by atoms with Crippen molar-refractivity contribution < 1.29 is 14.3 Å². The second-order valence-electron chi connectivity index (χ2n) is 4.86. The van der Waals surface area contributed by atoms with Crippen molar-refractivity contribution in [1.82, 2.24) is 4.98 Å². The highest BCUT2D eigenvalue weighted by atomic mass is 35.5. The van der Waals surface area contributed by atoms with Gasteiger partial charge in [0.05, 0.1) is 10.6 Å². The van der Waals surface area contributed by atoms with Gasteiger partial charge in [0.15, 0.2) is 6.61 Å². The van der Waals surface area contributed by atoms with Crippen LogP contribution in [0.1, 0.15) is 21.5 Å². The molecule has 0 aliphatic carbocycles. The number of aryl methyl sites for hydroxylation is 2. The van der Waals surface area contributed by atoms with Crippen LogP contribution >= 0.6 is 11.6 Å². The minimum atomic E-state index is -0.536. The first-order chi connectivity index (χ1) is 10.4. The van der Waals surface area contributed by atoms with Gasteiger partial charge < -0.3 is 10.1 Å². The molecule has 0 aliphatic rings. The van der Waals surface area contributed by atoms with Crippen molar-refractivity contribution >= 4 is 29.3 Å². The van der Waals surface area contributed by atoms with Gasteiger partial charge in [0.25, 0.3) is 5.91 Å². The van der Waals surface area contributed by atoms with Crippen molar-refractivity contribution in [2.75, 3.05) is 11.9 Å². The van der Waals surface area contributed by atoms with Crippen LogP contribution in [0.25, 0.3) is 0 Å². The molecule has 0 aliphatic heterocycles. The molecule has 0 atom stereocenters. The van der Waals surface area contributed by atoms with E-state index in [0.29, 0.717) is 16.4 Å². The number of rotatable bonds is 4. The first-order valence-corrected chi connectivity index (χ1v) is 6.98. The summed E-state index contributed by atoms with van der Waals surface area (Å²) in [5.41, 5.74) is 2.35. The third kappa shape index (κ3) is 4.56. The number of nitrogens with one attached hydrogen (secondary N) is 1. The average Bonchev–Trinajstić information content (AvgIpc) is 2.46. The molecule has 1 aromatic carbocycles. The number of esters is 1. The Morgan fingerprint density at radius 1 is 1.18 bits per heavy atom. The van der Waals surface area contributed by atoms with Crippen molar-refractivity contribution in [2.45, 2.75) is 13.8 Å². The lowest BCUT2D eigenvalue weighted by atomic mass is 10.1. The summed E-state index contributed by atoms with van der Waals surface area (Å²) in [6.45, 7) is 3.40. The standard InChI is InChI=1S/C16H15ClN2O3/c1-10-5-11(2)7-12(6-10)16(21)22-9-15(20)19-14-4-3-13(17)8-18-14/h3-8H,9H2,1-2H3,(H,18,19,20). The summed E-state index contributed by atoms with van der Waals surface area (Å²) in [6.07, 6.45) is 1.42. The number of nitrogens with zero attached hydrogens (tertiary/aromatic N) is 1. The zero-order chi connectivity index (χ0) is 16.1. The molecule has 0 saturated heterocycles. The first-order valence-electron chi connectivity index (χ1n) is 6.61. The predicted molar refractivity (Wildman–Crippen MR) is 84.1 cm³/mol. The number of hydrogen-bond donors (Lipinski definition) is 1. The number of aromatic nitrogens is 1. The highest BCUT2D eigenvalue weighted by Gasteiger charge is 2.11. The molecule has 6 heteroatoms. The first kappa shape index (κ1) is 16.0. The largest absolute Gasteiger partial charge is 0.452 e. The van der Waals surface area contributed by atoms with Crippen molar-refractivity contribution in [1.29, 1.82) is 0 Å². The summed E-state index contributed by atoms with van der Waals surface area (Å²) in [6, 6.07) is 8.55. The maximum atomic E-state index is 11.9. The number of pyridine rings is 1. The lowest BCUT2D eigenvalue weighted by Gasteiger charge is -2.07. The quantitative estimate of drug-likeness (QED) is 0.879. The number of ether oxygens (including phenoxy) is 1. The van der Waals surface area contributed by atoms with E-state index >= 15 is 0 Å². The molecule has 0 saturated carbocycles. The van der Waals surface area contributed by atoms with Crippen LogP contribution in [0.4, 0.5) is 5.82 Å². The Morgan fingerprint density at radius 3 is 2.45 bits per heavy atom. The second kappa shape index (κ2) is 7.04. The topological polar surface area (TPSA) is 68.3 Å². The van der Waals surface area contributed by atoms with E-state index in [1.807, 2.05) is 19.9 Å². The van der Waals surface area contributed by atoms with Crippen LogP contribution < -0.4 is 5.32 Å². The zero-order valence-corrected chi connectivity index (χ0v) is 13.0. The number of carbonyl (C=O) groups excluding carboxylic acids is 2. The van der Waals surface area contributed by atoms with E-state index in [-0.39, 0.29) is 6.61 Å². The molecule has 114 valence electrons. The third-order valence-electron chi connectivity index (χ3n) is 2.79. The molecule has 0 unspecified atom stereocenters. The third-order valence-corrected chi connectivity index (χ3v) is 3.01. The van der Waals surface area contributed by atoms with E-state index in [2.05, 4.69) is 10.3 Å². The van der Waals surface area contributed by atoms with Crippen LogP contribution in [-0.2, 0) is 9.53 Å². The fourth-order valence-corrected chi connectivity index (χ4v) is 2.05. The van der Waals surface area contributed by atoms with Gasteiger partial charge in [-0.25, -0.2) is 9.78 Å². The van der Waals surface area contributed by atoms with Crippen LogP contribution in [0.5, 0.6) is 0 Å². The van der Waals surface area contributed by atoms with Crippen molar-refractivity contribution in [2.24, 2.45) is 0 Å². The van der Waals surface area contributed by atoms with Crippen LogP contribution in [-0.4, -0.2) is 23.5 Å². The van der Waals surface area contributed by atoms with Gasteiger partial charge >= 0.3 is 5.97 Å². The monoisotopic (exact) mass is 318 g/mol. The lowest BCUT2D eigenvalue weighted by molar-refractivity contribution is -0.119. The SMILES string of the molecule is Cc1cc(C)cc(C(=O)OCC(=O)Nc2ccc(Cl)cn2)c1. The summed E-state index contributed by atoms with van der Waals surface area (Å²) in [5.74, 6) is -0.657. The van der Waals surface area contributed by atoms with E-state index < -0.39 is 11.9 Å². The Balaban J connectivity index is 1.90. The minimum Gasteiger partial charge on any atom is -0.452 e. The van der Waals surface area contributed by atoms with Gasteiger partial charge in [0.1, 0.15) is 5.82 Å². The van der Waals surface area contributed by atoms with E-state index in [0.717, 1.165) is 11.1 Å². The highest BCUT2D eigenvalue weighted by Crippen LogP contribution is 2.11. The highest BCUT2D eigenvalue weighted by molar-refractivity contribution is 6.30. The van der Waals surface area contributed by atoms with E-state index in [9.17, 15) is 9.59 Å². The Hall–Kier alpha value is -2.40. The van der Waals surface area contributed by atoms with Crippen LogP contribution in [0, 0.1) is 13.8 Å². The minimum absolute atomic E-state index is 0.344. The molecule has 0 spiro atoms. The van der Waals surface area contributed by atoms with E-state index in [1.54, 1.807) is 24.3 Å². The summed E-state index contributed by atoms with van der Waals surface area (Å²) < 4.78 is 4.99. The van der Waals surface area contributed by atoms with Crippen molar-refractivity contribution in [3.05, 3.63) is 58.2 Å². The number of carbonyl (C=O) groups is 2. The normalized spacial score (nSPS) is 10.1. The van der Waals surface area contributed by atoms with Crippen molar-refractivity contribution in [3.63, 3.8) is 0 Å². The van der Waals surface area contributed by atoms with Crippen LogP contribution in [0.15, 0.2) is 36.5 Å². The molecule has 0 bridgehead atoms. The molecule has 1 N–H and O–H groups in total. The molecular formula is C16H15ClN2O3. The number of halogens is 1. The van der Waals surface area contributed by atoms with Gasteiger partial charge in [0, 0.05) is 6.20 Å². The van der Waals surface area contributed by atoms with Crippen molar-refractivity contribution in [3.8, 4) is 0 Å². The number of benzene rings is 1. The fourth-order valence-electron chi connectivity index (χ4n) is 1.94. The summed E-state index contributed by atoms with van der Waals surface area (Å²) >= 11 is 5.70. The fraction of sp³-hybridized carbons (Fsp3) is 0.188. The van der Waals surface area contributed by atoms with Gasteiger partial charge in [-0.15, -0.1) is 0 Å². The van der Waals surface area contributed by atoms with E-state index in [1.165, 1.54) is 6.20 Å². The molecule has 0 fully saturated rings. The summed E-state index contributed by atoms with van der Waals surface area (Å²) in [5, 5.41) is 2.98. The zero-order valence-electron chi connectivity index (χ0n) is 12.2. The number of amides is 1. The molecule has 0 radical (unpaired) electrons. The number of anilines is 1. The Morgan fingerprint density at radius 2 is 1.86 bits per heavy atom. The van der Waals surface area contributed by atoms with E-state index in [4.69, 9.17) is 16.3 Å². The Bertz CT molecular complexity index is 679. The predicted octanol–water partition coefficient (Wildman–Crippen LogP) is 3.15. The molecule has 1 amide bonds. The maximum absolute atomic E-state index is 11.9. The van der Waals surface area contributed by atoms with Gasteiger partial charge in [-0.2, -0.15) is 0 Å². The van der Waals surface area contributed by atoms with Gasteiger partial charge in [0.2, 0.25) is 0 Å². The molecule has 2 aromatic rings. The van der Waals surface area contributed by atoms with Gasteiger partial charge in [-0.05, 0) is 38.1 Å². The number of hydrogen-bond acceptors (Lipinski definition) is 4. The average molecular weight is 319 g/mol.